The number of nitrogens with one attached hydrogen (secondary N) is 2. The molecule has 238 valence electrons. The third kappa shape index (κ3) is 8.23. The second kappa shape index (κ2) is 14.8. The van der Waals surface area contributed by atoms with E-state index in [1.54, 1.807) is 18.3 Å². The van der Waals surface area contributed by atoms with Crippen molar-refractivity contribution in [3.63, 3.8) is 0 Å². The number of benzene rings is 3. The van der Waals surface area contributed by atoms with Crippen LogP contribution in [0.5, 0.6) is 0 Å². The van der Waals surface area contributed by atoms with E-state index in [2.05, 4.69) is 37.2 Å². The summed E-state index contributed by atoms with van der Waals surface area (Å²) in [5.74, 6) is 0.502. The Bertz CT molecular complexity index is 1720. The van der Waals surface area contributed by atoms with Gasteiger partial charge in [-0.25, -0.2) is 14.8 Å². The van der Waals surface area contributed by atoms with E-state index in [9.17, 15) is 9.59 Å². The van der Waals surface area contributed by atoms with Crippen molar-refractivity contribution in [2.45, 2.75) is 38.4 Å². The Morgan fingerprint density at radius 3 is 2.35 bits per heavy atom. The lowest BCUT2D eigenvalue weighted by Crippen LogP contribution is -2.51. The number of nitrogens with two attached hydrogens (primary N) is 1. The number of methoxy groups -OCH3 is 1. The summed E-state index contributed by atoms with van der Waals surface area (Å²) in [4.78, 5) is 35.4. The Morgan fingerprint density at radius 2 is 1.67 bits per heavy atom. The van der Waals surface area contributed by atoms with Gasteiger partial charge in [0.2, 0.25) is 0 Å². The monoisotopic (exact) mass is 658 g/mol. The predicted molar refractivity (Wildman–Crippen MR) is 184 cm³/mol. The Morgan fingerprint density at radius 1 is 1.00 bits per heavy atom. The fourth-order valence-electron chi connectivity index (χ4n) is 5.20. The molecule has 4 aromatic rings. The van der Waals surface area contributed by atoms with Crippen molar-refractivity contribution >= 4 is 52.8 Å². The predicted octanol–water partition coefficient (Wildman–Crippen LogP) is 6.30. The van der Waals surface area contributed by atoms with Gasteiger partial charge in [-0.1, -0.05) is 71.7 Å². The Kier molecular flexibility index (Phi) is 10.6. The van der Waals surface area contributed by atoms with Gasteiger partial charge in [0, 0.05) is 48.9 Å². The average Bonchev–Trinajstić information content (AvgIpc) is 3.07. The number of esters is 1. The van der Waals surface area contributed by atoms with E-state index in [-0.39, 0.29) is 11.4 Å². The molecule has 5 rings (SSSR count). The number of amides is 1. The van der Waals surface area contributed by atoms with Crippen molar-refractivity contribution in [1.82, 2.24) is 20.6 Å². The number of hydrogen-bond donors (Lipinski definition) is 3. The highest BCUT2D eigenvalue weighted by molar-refractivity contribution is 6.43. The van der Waals surface area contributed by atoms with Crippen LogP contribution < -0.4 is 21.3 Å². The Balaban J connectivity index is 1.09. The van der Waals surface area contributed by atoms with Gasteiger partial charge in [-0.3, -0.25) is 4.79 Å². The van der Waals surface area contributed by atoms with Crippen molar-refractivity contribution in [2.24, 2.45) is 0 Å². The number of piperidine rings is 1. The lowest BCUT2D eigenvalue weighted by atomic mass is 9.89. The third-order valence-corrected chi connectivity index (χ3v) is 8.98. The first kappa shape index (κ1) is 32.9. The maximum atomic E-state index is 12.7. The molecule has 0 saturated carbocycles. The first-order chi connectivity index (χ1) is 22.1. The lowest BCUT2D eigenvalue weighted by molar-refractivity contribution is -0.134. The molecule has 0 aliphatic carbocycles. The van der Waals surface area contributed by atoms with E-state index in [1.165, 1.54) is 13.2 Å². The van der Waals surface area contributed by atoms with Crippen molar-refractivity contribution in [3.8, 4) is 11.3 Å². The van der Waals surface area contributed by atoms with Crippen LogP contribution in [-0.4, -0.2) is 47.6 Å². The van der Waals surface area contributed by atoms with E-state index >= 15 is 0 Å². The van der Waals surface area contributed by atoms with Gasteiger partial charge in [0.05, 0.1) is 23.4 Å². The van der Waals surface area contributed by atoms with E-state index < -0.39 is 5.97 Å². The number of hydrogen-bond acceptors (Lipinski definition) is 8. The largest absolute Gasteiger partial charge is 0.466 e. The highest BCUT2D eigenvalue weighted by Gasteiger charge is 2.30. The van der Waals surface area contributed by atoms with Gasteiger partial charge in [0.1, 0.15) is 11.5 Å². The molecule has 9 nitrogen and oxygen atoms in total. The number of nitrogen functional groups attached to an aromatic ring is 1. The molecule has 4 N–H and O–H groups in total. The molecule has 1 aliphatic rings. The van der Waals surface area contributed by atoms with E-state index in [0.29, 0.717) is 45.8 Å². The maximum absolute atomic E-state index is 12.7. The minimum Gasteiger partial charge on any atom is -0.466 e. The molecule has 2 heterocycles. The van der Waals surface area contributed by atoms with Crippen LogP contribution in [0.15, 0.2) is 79.0 Å². The number of anilines is 2. The third-order valence-electron chi connectivity index (χ3n) is 8.17. The average molecular weight is 660 g/mol. The Hall–Kier alpha value is -4.44. The fraction of sp³-hybridized carbons (Fsp3) is 0.257. The summed E-state index contributed by atoms with van der Waals surface area (Å²) in [6.07, 6.45) is 6.62. The molecule has 0 bridgehead atoms. The van der Waals surface area contributed by atoms with Crippen LogP contribution in [0.3, 0.4) is 0 Å². The molecule has 1 saturated heterocycles. The summed E-state index contributed by atoms with van der Waals surface area (Å²) in [5, 5.41) is 7.52. The first-order valence-corrected chi connectivity index (χ1v) is 15.7. The minimum absolute atomic E-state index is 0.0512. The summed E-state index contributed by atoms with van der Waals surface area (Å²) in [6.45, 7) is 4.94. The molecule has 1 aliphatic heterocycles. The molecule has 1 aromatic heterocycles. The zero-order valence-corrected chi connectivity index (χ0v) is 27.2. The fourth-order valence-corrected chi connectivity index (χ4v) is 5.59. The molecule has 0 radical (unpaired) electrons. The maximum Gasteiger partial charge on any atom is 0.330 e. The summed E-state index contributed by atoms with van der Waals surface area (Å²) >= 11 is 12.5. The van der Waals surface area contributed by atoms with Gasteiger partial charge < -0.3 is 26.0 Å². The molecule has 0 atom stereocenters. The molecule has 1 fully saturated rings. The van der Waals surface area contributed by atoms with Crippen LogP contribution in [0.1, 0.15) is 46.8 Å². The summed E-state index contributed by atoms with van der Waals surface area (Å²) in [7, 11) is 1.34. The van der Waals surface area contributed by atoms with Gasteiger partial charge in [0.15, 0.2) is 5.82 Å². The van der Waals surface area contributed by atoms with Gasteiger partial charge in [-0.05, 0) is 60.7 Å². The lowest BCUT2D eigenvalue weighted by Gasteiger charge is -2.40. The molecular weight excluding hydrogens is 623 g/mol. The normalized spacial score (nSPS) is 14.3. The van der Waals surface area contributed by atoms with E-state index in [1.807, 2.05) is 60.7 Å². The second-order valence-corrected chi connectivity index (χ2v) is 12.2. The van der Waals surface area contributed by atoms with Gasteiger partial charge in [-0.2, -0.15) is 0 Å². The van der Waals surface area contributed by atoms with Crippen LogP contribution in [0.25, 0.3) is 17.3 Å². The number of ether oxygens (including phenoxy) is 1. The molecule has 1 amide bonds. The number of rotatable bonds is 10. The van der Waals surface area contributed by atoms with E-state index in [0.717, 1.165) is 48.4 Å². The summed E-state index contributed by atoms with van der Waals surface area (Å²) in [6, 6.07) is 20.6. The molecule has 0 spiro atoms. The zero-order valence-electron chi connectivity index (χ0n) is 25.7. The van der Waals surface area contributed by atoms with E-state index in [4.69, 9.17) is 28.9 Å². The van der Waals surface area contributed by atoms with Gasteiger partial charge in [-0.15, -0.1) is 0 Å². The summed E-state index contributed by atoms with van der Waals surface area (Å²) in [5.41, 5.74) is 10.9. The highest BCUT2D eigenvalue weighted by atomic mass is 35.5. The Labute approximate surface area is 278 Å². The highest BCUT2D eigenvalue weighted by Crippen LogP contribution is 2.35. The SMILES string of the molecule is COC(=O)/C=C/c1ccc(CNC(=O)c2ccc(CNC3(C)CCN(c4cnc(-c5cccc(Cl)c5Cl)c(N)n4)CC3)cc2)cc1. The van der Waals surface area contributed by atoms with Crippen LogP contribution in [0, 0.1) is 0 Å². The number of aromatic nitrogens is 2. The van der Waals surface area contributed by atoms with Crippen LogP contribution >= 0.6 is 23.2 Å². The topological polar surface area (TPSA) is 122 Å². The van der Waals surface area contributed by atoms with Gasteiger partial charge >= 0.3 is 5.97 Å². The van der Waals surface area contributed by atoms with Crippen LogP contribution in [0.4, 0.5) is 11.6 Å². The second-order valence-electron chi connectivity index (χ2n) is 11.4. The first-order valence-electron chi connectivity index (χ1n) is 14.9. The number of carbonyl (C=O) groups excluding carboxylic acids is 2. The van der Waals surface area contributed by atoms with Crippen LogP contribution in [0.2, 0.25) is 10.0 Å². The zero-order chi connectivity index (χ0) is 32.7. The summed E-state index contributed by atoms with van der Waals surface area (Å²) < 4.78 is 4.60. The molecule has 11 heteroatoms. The smallest absolute Gasteiger partial charge is 0.330 e. The van der Waals surface area contributed by atoms with Gasteiger partial charge in [0.25, 0.3) is 5.91 Å². The van der Waals surface area contributed by atoms with Crippen molar-refractivity contribution < 1.29 is 14.3 Å². The van der Waals surface area contributed by atoms with Crippen molar-refractivity contribution in [1.29, 1.82) is 0 Å². The number of halogens is 2. The molecule has 3 aromatic carbocycles. The van der Waals surface area contributed by atoms with Crippen molar-refractivity contribution in [3.05, 3.63) is 111 Å². The number of nitrogens with zero attached hydrogens (tertiary/aromatic N) is 3. The quantitative estimate of drug-likeness (QED) is 0.134. The number of carbonyl (C=O) groups is 2. The standard InChI is InChI=1S/C35H36Cl2N6O3/c1-35(16-18-43(19-17-35)29-22-39-32(33(38)42-29)27-4-3-5-28(36)31(27)37)41-21-25-10-13-26(14-11-25)34(45)40-20-24-8-6-23(7-9-24)12-15-30(44)46-2/h3-15,22,41H,16-21H2,1-2H3,(H2,38,42)(H,40,45)/b15-12+. The van der Waals surface area contributed by atoms with Crippen LogP contribution in [-0.2, 0) is 22.6 Å². The molecular formula is C35H36Cl2N6O3. The van der Waals surface area contributed by atoms with Crippen molar-refractivity contribution in [2.75, 3.05) is 30.8 Å². The molecule has 46 heavy (non-hydrogen) atoms. The molecule has 0 unspecified atom stereocenters. The minimum atomic E-state index is -0.407.